The highest BCUT2D eigenvalue weighted by molar-refractivity contribution is 5.86. The Balaban J connectivity index is 0.00000338. The number of nitrogens with one attached hydrogen (secondary N) is 1. The molecule has 1 aliphatic heterocycles. The number of hydrogen-bond donors (Lipinski definition) is 2. The van der Waals surface area contributed by atoms with Crippen molar-refractivity contribution in [3.8, 4) is 11.5 Å². The maximum atomic E-state index is 12.7. The van der Waals surface area contributed by atoms with Gasteiger partial charge in [-0.15, -0.1) is 12.4 Å². The minimum absolute atomic E-state index is 0. The summed E-state index contributed by atoms with van der Waals surface area (Å²) in [5, 5.41) is 3.50. The number of methoxy groups -OCH3 is 2. The van der Waals surface area contributed by atoms with Crippen molar-refractivity contribution >= 4 is 24.0 Å². The molecule has 0 spiro atoms. The molecule has 26 heavy (non-hydrogen) atoms. The highest BCUT2D eigenvalue weighted by Crippen LogP contribution is 2.27. The van der Waals surface area contributed by atoms with Gasteiger partial charge in [0.15, 0.2) is 0 Å². The van der Waals surface area contributed by atoms with Crippen LogP contribution in [0.2, 0.25) is 0 Å². The van der Waals surface area contributed by atoms with E-state index in [2.05, 4.69) is 12.2 Å². The number of carbonyl (C=O) groups is 1. The first kappa shape index (κ1) is 22.4. The molecule has 1 saturated heterocycles. The Morgan fingerprint density at radius 1 is 1.31 bits per heavy atom. The third-order valence-corrected chi connectivity index (χ3v) is 4.69. The fourth-order valence-corrected chi connectivity index (χ4v) is 3.39. The summed E-state index contributed by atoms with van der Waals surface area (Å²) in [6.45, 7) is 5.32. The summed E-state index contributed by atoms with van der Waals surface area (Å²) in [5.41, 5.74) is 6.38. The molecule has 0 radical (unpaired) electrons. The van der Waals surface area contributed by atoms with E-state index in [1.807, 2.05) is 30.0 Å². The van der Waals surface area contributed by atoms with Crippen molar-refractivity contribution in [2.75, 3.05) is 32.6 Å². The van der Waals surface area contributed by atoms with Gasteiger partial charge in [0, 0.05) is 43.0 Å². The van der Waals surface area contributed by atoms with Crippen LogP contribution >= 0.6 is 12.4 Å². The van der Waals surface area contributed by atoms with Crippen LogP contribution in [0, 0.1) is 0 Å². The number of rotatable bonds is 7. The standard InChI is InChI=1S/C19H31N3O3.ClH/c1-5-8-19(2,20)18(23)22-9-6-7-14(13-22)21-15-10-16(24-3)12-17(11-15)25-4;/h10-12,14,21H,5-9,13,20H2,1-4H3;1H. The average molecular weight is 386 g/mol. The molecule has 6 nitrogen and oxygen atoms in total. The zero-order valence-corrected chi connectivity index (χ0v) is 17.0. The van der Waals surface area contributed by atoms with E-state index in [-0.39, 0.29) is 24.4 Å². The largest absolute Gasteiger partial charge is 0.497 e. The van der Waals surface area contributed by atoms with E-state index in [0.29, 0.717) is 13.0 Å². The van der Waals surface area contributed by atoms with Gasteiger partial charge in [-0.25, -0.2) is 0 Å². The minimum atomic E-state index is -0.782. The summed E-state index contributed by atoms with van der Waals surface area (Å²) in [6.07, 6.45) is 3.58. The summed E-state index contributed by atoms with van der Waals surface area (Å²) in [5.74, 6) is 1.52. The van der Waals surface area contributed by atoms with Gasteiger partial charge >= 0.3 is 0 Å². The molecule has 1 heterocycles. The van der Waals surface area contributed by atoms with Crippen LogP contribution in [0.3, 0.4) is 0 Å². The molecule has 2 rings (SSSR count). The number of amides is 1. The molecule has 0 saturated carbocycles. The molecule has 0 bridgehead atoms. The molecule has 0 aliphatic carbocycles. The van der Waals surface area contributed by atoms with Crippen molar-refractivity contribution in [1.29, 1.82) is 0 Å². The highest BCUT2D eigenvalue weighted by Gasteiger charge is 2.34. The number of ether oxygens (including phenoxy) is 2. The topological polar surface area (TPSA) is 76.8 Å². The number of benzene rings is 1. The number of halogens is 1. The van der Waals surface area contributed by atoms with E-state index < -0.39 is 5.54 Å². The van der Waals surface area contributed by atoms with Crippen molar-refractivity contribution in [1.82, 2.24) is 4.90 Å². The van der Waals surface area contributed by atoms with Gasteiger partial charge in [-0.1, -0.05) is 13.3 Å². The lowest BCUT2D eigenvalue weighted by molar-refractivity contribution is -0.137. The van der Waals surface area contributed by atoms with Crippen molar-refractivity contribution < 1.29 is 14.3 Å². The van der Waals surface area contributed by atoms with Gasteiger partial charge in [-0.3, -0.25) is 4.79 Å². The average Bonchev–Trinajstić information content (AvgIpc) is 2.60. The Kier molecular flexibility index (Phi) is 8.50. The molecule has 1 amide bonds. The van der Waals surface area contributed by atoms with Gasteiger partial charge in [0.2, 0.25) is 5.91 Å². The molecule has 1 fully saturated rings. The monoisotopic (exact) mass is 385 g/mol. The molecule has 1 aromatic rings. The Morgan fingerprint density at radius 2 is 1.92 bits per heavy atom. The number of carbonyl (C=O) groups excluding carboxylic acids is 1. The molecule has 7 heteroatoms. The lowest BCUT2D eigenvalue weighted by atomic mass is 9.94. The Morgan fingerprint density at radius 3 is 2.46 bits per heavy atom. The predicted molar refractivity (Wildman–Crippen MR) is 108 cm³/mol. The summed E-state index contributed by atoms with van der Waals surface area (Å²) in [6, 6.07) is 5.90. The lowest BCUT2D eigenvalue weighted by Crippen LogP contribution is -2.56. The molecule has 3 N–H and O–H groups in total. The van der Waals surface area contributed by atoms with Gasteiger partial charge in [-0.2, -0.15) is 0 Å². The van der Waals surface area contributed by atoms with E-state index in [4.69, 9.17) is 15.2 Å². The van der Waals surface area contributed by atoms with E-state index in [1.165, 1.54) is 0 Å². The summed E-state index contributed by atoms with van der Waals surface area (Å²) >= 11 is 0. The lowest BCUT2D eigenvalue weighted by Gasteiger charge is -2.38. The molecule has 0 aromatic heterocycles. The highest BCUT2D eigenvalue weighted by atomic mass is 35.5. The second-order valence-corrected chi connectivity index (χ2v) is 7.00. The second-order valence-electron chi connectivity index (χ2n) is 7.00. The van der Waals surface area contributed by atoms with E-state index >= 15 is 0 Å². The zero-order chi connectivity index (χ0) is 18.4. The molecule has 1 aromatic carbocycles. The van der Waals surface area contributed by atoms with E-state index in [9.17, 15) is 4.79 Å². The number of nitrogens with two attached hydrogens (primary N) is 1. The Bertz CT molecular complexity index is 573. The van der Waals surface area contributed by atoms with Crippen LogP contribution in [-0.2, 0) is 4.79 Å². The number of piperidine rings is 1. The molecular weight excluding hydrogens is 354 g/mol. The summed E-state index contributed by atoms with van der Waals surface area (Å²) in [4.78, 5) is 14.6. The first-order valence-corrected chi connectivity index (χ1v) is 8.97. The Hall–Kier alpha value is -1.66. The molecule has 2 unspecified atom stereocenters. The second kappa shape index (κ2) is 9.88. The maximum absolute atomic E-state index is 12.7. The van der Waals surface area contributed by atoms with Gasteiger partial charge in [0.05, 0.1) is 19.8 Å². The van der Waals surface area contributed by atoms with Gasteiger partial charge in [-0.05, 0) is 26.2 Å². The number of nitrogens with zero attached hydrogens (tertiary/aromatic N) is 1. The third kappa shape index (κ3) is 5.68. The van der Waals surface area contributed by atoms with Crippen LogP contribution in [0.5, 0.6) is 11.5 Å². The van der Waals surface area contributed by atoms with Crippen LogP contribution in [0.15, 0.2) is 18.2 Å². The van der Waals surface area contributed by atoms with E-state index in [1.54, 1.807) is 14.2 Å². The number of anilines is 1. The molecule has 148 valence electrons. The number of hydrogen-bond acceptors (Lipinski definition) is 5. The SMILES string of the molecule is CCCC(C)(N)C(=O)N1CCCC(Nc2cc(OC)cc(OC)c2)C1.Cl. The van der Waals surface area contributed by atoms with Crippen molar-refractivity contribution in [3.63, 3.8) is 0 Å². The van der Waals surface area contributed by atoms with Crippen molar-refractivity contribution in [2.24, 2.45) is 5.73 Å². The summed E-state index contributed by atoms with van der Waals surface area (Å²) in [7, 11) is 3.27. The molecule has 1 aliphatic rings. The fraction of sp³-hybridized carbons (Fsp3) is 0.632. The van der Waals surface area contributed by atoms with Crippen LogP contribution in [0.1, 0.15) is 39.5 Å². The minimum Gasteiger partial charge on any atom is -0.497 e. The van der Waals surface area contributed by atoms with Crippen LogP contribution < -0.4 is 20.5 Å². The van der Waals surface area contributed by atoms with Crippen LogP contribution in [0.4, 0.5) is 5.69 Å². The smallest absolute Gasteiger partial charge is 0.242 e. The van der Waals surface area contributed by atoms with Crippen LogP contribution in [-0.4, -0.2) is 49.7 Å². The van der Waals surface area contributed by atoms with Gasteiger partial charge in [0.1, 0.15) is 11.5 Å². The summed E-state index contributed by atoms with van der Waals surface area (Å²) < 4.78 is 10.6. The van der Waals surface area contributed by atoms with Gasteiger partial charge in [0.25, 0.3) is 0 Å². The zero-order valence-electron chi connectivity index (χ0n) is 16.2. The van der Waals surface area contributed by atoms with Crippen molar-refractivity contribution in [2.45, 2.75) is 51.1 Å². The molecular formula is C19H32ClN3O3. The quantitative estimate of drug-likeness (QED) is 0.754. The first-order valence-electron chi connectivity index (χ1n) is 8.97. The fourth-order valence-electron chi connectivity index (χ4n) is 3.39. The normalized spacial score (nSPS) is 19.1. The van der Waals surface area contributed by atoms with Crippen molar-refractivity contribution in [3.05, 3.63) is 18.2 Å². The van der Waals surface area contributed by atoms with Crippen LogP contribution in [0.25, 0.3) is 0 Å². The third-order valence-electron chi connectivity index (χ3n) is 4.69. The van der Waals surface area contributed by atoms with Gasteiger partial charge < -0.3 is 25.4 Å². The number of likely N-dealkylation sites (tertiary alicyclic amines) is 1. The first-order chi connectivity index (χ1) is 11.9. The predicted octanol–water partition coefficient (Wildman–Crippen LogP) is 3.05. The maximum Gasteiger partial charge on any atom is 0.242 e. The Labute approximate surface area is 162 Å². The molecule has 2 atom stereocenters. The van der Waals surface area contributed by atoms with E-state index in [0.717, 1.165) is 43.0 Å².